The number of ether oxygens (including phenoxy) is 1. The number of nitrogens with zero attached hydrogens (tertiary/aromatic N) is 1. The molecule has 0 aliphatic rings. The third-order valence-electron chi connectivity index (χ3n) is 2.66. The fourth-order valence-electron chi connectivity index (χ4n) is 1.73. The molecule has 0 saturated carbocycles. The molecule has 0 amide bonds. The topological polar surface area (TPSA) is 34.1 Å². The highest BCUT2D eigenvalue weighted by Crippen LogP contribution is 2.29. The maximum atomic E-state index is 5.24. The Balaban J connectivity index is 2.20. The van der Waals surface area contributed by atoms with Crippen LogP contribution in [0.5, 0.6) is 0 Å². The summed E-state index contributed by atoms with van der Waals surface area (Å²) in [5.41, 5.74) is 4.08. The highest BCUT2D eigenvalue weighted by Gasteiger charge is 2.11. The van der Waals surface area contributed by atoms with Crippen molar-refractivity contribution in [2.75, 3.05) is 12.4 Å². The van der Waals surface area contributed by atoms with Crippen molar-refractivity contribution in [3.63, 3.8) is 0 Å². The zero-order chi connectivity index (χ0) is 13.0. The number of nitrogens with one attached hydrogen (secondary N) is 1. The molecule has 0 aliphatic carbocycles. The van der Waals surface area contributed by atoms with Crippen molar-refractivity contribution < 1.29 is 4.74 Å². The van der Waals surface area contributed by atoms with Crippen LogP contribution in [-0.2, 0) is 11.3 Å². The lowest BCUT2D eigenvalue weighted by molar-refractivity contribution is 0.185. The van der Waals surface area contributed by atoms with Crippen LogP contribution in [0.25, 0.3) is 0 Å². The van der Waals surface area contributed by atoms with Crippen molar-refractivity contribution in [1.82, 2.24) is 4.98 Å². The monoisotopic (exact) mass is 326 g/mol. The molecule has 2 rings (SSSR count). The molecule has 3 nitrogen and oxygen atoms in total. The van der Waals surface area contributed by atoms with E-state index >= 15 is 0 Å². The van der Waals surface area contributed by atoms with E-state index in [1.807, 2.05) is 23.8 Å². The van der Waals surface area contributed by atoms with Crippen molar-refractivity contribution >= 4 is 33.0 Å². The van der Waals surface area contributed by atoms with Crippen molar-refractivity contribution in [2.45, 2.75) is 19.6 Å². The van der Waals surface area contributed by atoms with E-state index < -0.39 is 0 Å². The number of rotatable bonds is 5. The van der Waals surface area contributed by atoms with Crippen LogP contribution in [0.15, 0.2) is 34.4 Å². The molecule has 0 fully saturated rings. The molecule has 1 heterocycles. The quantitative estimate of drug-likeness (QED) is 0.892. The number of thiazole rings is 1. The summed E-state index contributed by atoms with van der Waals surface area (Å²) in [4.78, 5) is 5.33. The molecule has 1 atom stereocenters. The lowest BCUT2D eigenvalue weighted by atomic mass is 10.1. The van der Waals surface area contributed by atoms with Gasteiger partial charge in [0.25, 0.3) is 0 Å². The average molecular weight is 327 g/mol. The number of hydrogen-bond acceptors (Lipinski definition) is 4. The first-order chi connectivity index (χ1) is 8.72. The van der Waals surface area contributed by atoms with Crippen LogP contribution in [0.3, 0.4) is 0 Å². The summed E-state index contributed by atoms with van der Waals surface area (Å²) in [6.07, 6.45) is 1.90. The van der Waals surface area contributed by atoms with Gasteiger partial charge in [-0.15, -0.1) is 11.3 Å². The number of benzene rings is 1. The van der Waals surface area contributed by atoms with E-state index in [4.69, 9.17) is 4.74 Å². The molecule has 2 aromatic rings. The second kappa shape index (κ2) is 6.31. The Bertz CT molecular complexity index is 502. The van der Waals surface area contributed by atoms with E-state index in [0.29, 0.717) is 6.61 Å². The highest BCUT2D eigenvalue weighted by molar-refractivity contribution is 9.10. The number of halogens is 1. The summed E-state index contributed by atoms with van der Waals surface area (Å²) in [5.74, 6) is 0. The largest absolute Gasteiger partial charge is 0.380 e. The van der Waals surface area contributed by atoms with Crippen molar-refractivity contribution in [2.24, 2.45) is 0 Å². The molecule has 5 heteroatoms. The lowest BCUT2D eigenvalue weighted by Gasteiger charge is -2.17. The Morgan fingerprint density at radius 3 is 3.00 bits per heavy atom. The van der Waals surface area contributed by atoms with Gasteiger partial charge in [0.15, 0.2) is 0 Å². The van der Waals surface area contributed by atoms with E-state index in [1.54, 1.807) is 18.4 Å². The third-order valence-corrected chi connectivity index (χ3v) is 4.36. The van der Waals surface area contributed by atoms with Crippen LogP contribution in [-0.4, -0.2) is 12.1 Å². The van der Waals surface area contributed by atoms with Gasteiger partial charge in [-0.3, -0.25) is 4.98 Å². The molecule has 96 valence electrons. The normalized spacial score (nSPS) is 12.4. The number of methoxy groups -OCH3 is 1. The van der Waals surface area contributed by atoms with E-state index in [-0.39, 0.29) is 6.04 Å². The molecular weight excluding hydrogens is 312 g/mol. The molecule has 0 radical (unpaired) electrons. The first-order valence-corrected chi connectivity index (χ1v) is 7.31. The minimum absolute atomic E-state index is 0.238. The second-order valence-corrected chi connectivity index (χ2v) is 5.74. The highest BCUT2D eigenvalue weighted by atomic mass is 79.9. The maximum Gasteiger partial charge on any atom is 0.0795 e. The molecule has 0 saturated heterocycles. The molecule has 0 spiro atoms. The Hall–Kier alpha value is -0.910. The molecule has 1 aromatic carbocycles. The summed E-state index contributed by atoms with van der Waals surface area (Å²) < 4.78 is 6.30. The fourth-order valence-corrected chi connectivity index (χ4v) is 2.84. The number of aromatic nitrogens is 1. The van der Waals surface area contributed by atoms with Gasteiger partial charge in [0.2, 0.25) is 0 Å². The fraction of sp³-hybridized carbons (Fsp3) is 0.308. The van der Waals surface area contributed by atoms with Gasteiger partial charge < -0.3 is 10.1 Å². The van der Waals surface area contributed by atoms with Gasteiger partial charge in [0.1, 0.15) is 0 Å². The average Bonchev–Trinajstić information content (AvgIpc) is 2.87. The minimum atomic E-state index is 0.238. The molecular formula is C13H15BrN2OS. The van der Waals surface area contributed by atoms with Gasteiger partial charge in [-0.2, -0.15) is 0 Å². The van der Waals surface area contributed by atoms with Crippen LogP contribution >= 0.6 is 27.3 Å². The van der Waals surface area contributed by atoms with Crippen molar-refractivity contribution in [3.8, 4) is 0 Å². The molecule has 18 heavy (non-hydrogen) atoms. The van der Waals surface area contributed by atoms with Crippen LogP contribution in [0.4, 0.5) is 5.69 Å². The lowest BCUT2D eigenvalue weighted by Crippen LogP contribution is -2.08. The molecule has 0 aliphatic heterocycles. The van der Waals surface area contributed by atoms with Crippen LogP contribution in [0.1, 0.15) is 23.4 Å². The van der Waals surface area contributed by atoms with Gasteiger partial charge in [-0.1, -0.05) is 22.0 Å². The second-order valence-electron chi connectivity index (χ2n) is 3.97. The summed E-state index contributed by atoms with van der Waals surface area (Å²) >= 11 is 5.21. The number of hydrogen-bond donors (Lipinski definition) is 1. The summed E-state index contributed by atoms with van der Waals surface area (Å²) in [6.45, 7) is 2.71. The van der Waals surface area contributed by atoms with Crippen LogP contribution in [0.2, 0.25) is 0 Å². The molecule has 1 unspecified atom stereocenters. The smallest absolute Gasteiger partial charge is 0.0795 e. The summed E-state index contributed by atoms with van der Waals surface area (Å²) in [7, 11) is 1.70. The van der Waals surface area contributed by atoms with Crippen LogP contribution in [0, 0.1) is 0 Å². The minimum Gasteiger partial charge on any atom is -0.380 e. The summed E-state index contributed by atoms with van der Waals surface area (Å²) in [5, 5.41) is 3.50. The number of anilines is 1. The molecule has 0 bridgehead atoms. The van der Waals surface area contributed by atoms with Crippen molar-refractivity contribution in [3.05, 3.63) is 44.8 Å². The molecule has 1 aromatic heterocycles. The Morgan fingerprint density at radius 2 is 2.33 bits per heavy atom. The maximum absolute atomic E-state index is 5.24. The third kappa shape index (κ3) is 3.10. The zero-order valence-electron chi connectivity index (χ0n) is 10.3. The Labute approximate surface area is 119 Å². The van der Waals surface area contributed by atoms with Crippen LogP contribution < -0.4 is 5.32 Å². The standard InChI is InChI=1S/C13H15BrN2OS/c1-9(13-6-15-8-18-13)16-12-5-3-4-11(14)10(12)7-17-2/h3-6,8-9,16H,7H2,1-2H3. The molecule has 1 N–H and O–H groups in total. The zero-order valence-corrected chi connectivity index (χ0v) is 12.7. The Kier molecular flexibility index (Phi) is 4.74. The van der Waals surface area contributed by atoms with Crippen molar-refractivity contribution in [1.29, 1.82) is 0 Å². The van der Waals surface area contributed by atoms with Gasteiger partial charge >= 0.3 is 0 Å². The first-order valence-electron chi connectivity index (χ1n) is 5.63. The van der Waals surface area contributed by atoms with E-state index in [9.17, 15) is 0 Å². The SMILES string of the molecule is COCc1c(Br)cccc1NC(C)c1cncs1. The predicted octanol–water partition coefficient (Wildman–Crippen LogP) is 4.23. The predicted molar refractivity (Wildman–Crippen MR) is 79.0 cm³/mol. The first kappa shape index (κ1) is 13.5. The van der Waals surface area contributed by atoms with Gasteiger partial charge in [-0.05, 0) is 19.1 Å². The van der Waals surface area contributed by atoms with E-state index in [2.05, 4.69) is 39.2 Å². The summed E-state index contributed by atoms with van der Waals surface area (Å²) in [6, 6.07) is 6.35. The van der Waals surface area contributed by atoms with Gasteiger partial charge in [-0.25, -0.2) is 0 Å². The van der Waals surface area contributed by atoms with E-state index in [0.717, 1.165) is 15.7 Å². The van der Waals surface area contributed by atoms with E-state index in [1.165, 1.54) is 4.88 Å². The van der Waals surface area contributed by atoms with Gasteiger partial charge in [0, 0.05) is 33.9 Å². The Morgan fingerprint density at radius 1 is 1.50 bits per heavy atom. The van der Waals surface area contributed by atoms with Gasteiger partial charge in [0.05, 0.1) is 18.2 Å².